The lowest BCUT2D eigenvalue weighted by atomic mass is 9.77. The maximum Gasteiger partial charge on any atom is 0.237 e. The third-order valence-corrected chi connectivity index (χ3v) is 6.71. The molecule has 0 saturated carbocycles. The lowest BCUT2D eigenvalue weighted by Crippen LogP contribution is -2.39. The number of amides is 1. The summed E-state index contributed by atoms with van der Waals surface area (Å²) in [6, 6.07) is 0.0900. The van der Waals surface area contributed by atoms with E-state index in [1.54, 1.807) is 14.0 Å². The summed E-state index contributed by atoms with van der Waals surface area (Å²) in [6.45, 7) is 7.95. The number of nitrogens with zero attached hydrogens (tertiary/aromatic N) is 5. The number of carbonyl (C=O) groups is 1. The van der Waals surface area contributed by atoms with Gasteiger partial charge < -0.3 is 9.84 Å². The first-order valence-corrected chi connectivity index (χ1v) is 10.8. The fraction of sp³-hybridized carbons (Fsp3) is 0.810. The van der Waals surface area contributed by atoms with Crippen molar-refractivity contribution in [3.8, 4) is 0 Å². The van der Waals surface area contributed by atoms with Gasteiger partial charge in [-0.3, -0.25) is 24.7 Å². The molecular formula is C21H33N5O3. The molecular weight excluding hydrogens is 370 g/mol. The Morgan fingerprint density at radius 3 is 2.86 bits per heavy atom. The molecule has 4 aliphatic rings. The molecule has 1 N–H and O–H groups in total. The van der Waals surface area contributed by atoms with Gasteiger partial charge in [0.1, 0.15) is 5.84 Å². The quantitative estimate of drug-likeness (QED) is 0.763. The van der Waals surface area contributed by atoms with E-state index >= 15 is 0 Å². The van der Waals surface area contributed by atoms with Crippen LogP contribution in [0.25, 0.3) is 0 Å². The molecule has 8 heteroatoms. The van der Waals surface area contributed by atoms with Gasteiger partial charge in [-0.15, -0.1) is 0 Å². The summed E-state index contributed by atoms with van der Waals surface area (Å²) in [4.78, 5) is 24.8. The van der Waals surface area contributed by atoms with Gasteiger partial charge in [0.05, 0.1) is 43.3 Å². The number of methoxy groups -OCH3 is 1. The van der Waals surface area contributed by atoms with Crippen LogP contribution in [0, 0.1) is 17.8 Å². The van der Waals surface area contributed by atoms with Gasteiger partial charge in [0, 0.05) is 37.9 Å². The van der Waals surface area contributed by atoms with Gasteiger partial charge >= 0.3 is 0 Å². The Morgan fingerprint density at radius 2 is 2.14 bits per heavy atom. The normalized spacial score (nSPS) is 38.2. The number of fused-ring (bicyclic) bond motifs is 1. The fourth-order valence-corrected chi connectivity index (χ4v) is 5.24. The van der Waals surface area contributed by atoms with Gasteiger partial charge in [-0.1, -0.05) is 6.92 Å². The molecule has 0 aliphatic carbocycles. The van der Waals surface area contributed by atoms with Crippen LogP contribution in [-0.4, -0.2) is 89.7 Å². The molecule has 8 nitrogen and oxygen atoms in total. The van der Waals surface area contributed by atoms with Crippen molar-refractivity contribution in [2.45, 2.75) is 64.3 Å². The molecule has 1 fully saturated rings. The Labute approximate surface area is 172 Å². The van der Waals surface area contributed by atoms with Crippen LogP contribution >= 0.6 is 0 Å². The second kappa shape index (κ2) is 8.14. The number of amidine groups is 1. The summed E-state index contributed by atoms with van der Waals surface area (Å²) in [5, 5.41) is 16.1. The Bertz CT molecular complexity index is 734. The summed E-state index contributed by atoms with van der Waals surface area (Å²) in [7, 11) is 1.74. The highest BCUT2D eigenvalue weighted by Gasteiger charge is 2.51. The minimum atomic E-state index is -0.439. The third-order valence-electron chi connectivity index (χ3n) is 6.71. The maximum atomic E-state index is 13.3. The highest BCUT2D eigenvalue weighted by molar-refractivity contribution is 6.19. The number of rotatable bonds is 4. The van der Waals surface area contributed by atoms with Crippen molar-refractivity contribution < 1.29 is 14.6 Å². The molecule has 5 unspecified atom stereocenters. The number of ether oxygens (including phenoxy) is 1. The maximum absolute atomic E-state index is 13.3. The molecule has 7 atom stereocenters. The number of hydrazone groups is 1. The van der Waals surface area contributed by atoms with E-state index in [4.69, 9.17) is 9.73 Å². The number of hydrogen-bond acceptors (Lipinski definition) is 7. The Kier molecular flexibility index (Phi) is 5.75. The van der Waals surface area contributed by atoms with E-state index in [-0.39, 0.29) is 41.8 Å². The number of aliphatic hydroxyl groups excluding tert-OH is 1. The number of likely N-dealkylation sites (tertiary alicyclic amines) is 1. The smallest absolute Gasteiger partial charge is 0.237 e. The molecule has 0 aromatic carbocycles. The van der Waals surface area contributed by atoms with E-state index in [0.29, 0.717) is 6.54 Å². The molecule has 0 radical (unpaired) electrons. The third kappa shape index (κ3) is 3.84. The summed E-state index contributed by atoms with van der Waals surface area (Å²) in [6.07, 6.45) is 4.33. The van der Waals surface area contributed by atoms with Gasteiger partial charge in [0.25, 0.3) is 0 Å². The zero-order valence-corrected chi connectivity index (χ0v) is 17.9. The van der Waals surface area contributed by atoms with Crippen molar-refractivity contribution in [1.82, 2.24) is 9.91 Å². The Balaban J connectivity index is 1.56. The number of hydrogen-bond donors (Lipinski definition) is 1. The summed E-state index contributed by atoms with van der Waals surface area (Å²) >= 11 is 0. The second-order valence-electron chi connectivity index (χ2n) is 9.00. The monoisotopic (exact) mass is 403 g/mol. The van der Waals surface area contributed by atoms with Crippen LogP contribution in [0.2, 0.25) is 0 Å². The molecule has 0 aromatic rings. The largest absolute Gasteiger partial charge is 0.392 e. The molecule has 0 bridgehead atoms. The summed E-state index contributed by atoms with van der Waals surface area (Å²) in [5.74, 6) is 1.31. The molecule has 4 aliphatic heterocycles. The fourth-order valence-electron chi connectivity index (χ4n) is 5.24. The van der Waals surface area contributed by atoms with E-state index in [1.807, 2.05) is 16.1 Å². The van der Waals surface area contributed by atoms with Gasteiger partial charge in [-0.25, -0.2) is 0 Å². The SMILES string of the molecule is COC1CN=CC(C2CC(C)C3C(=O)N(C4=NN(C[C@H](C)O)CC4)[C@@H](C)C3=N2)C1. The molecule has 1 saturated heterocycles. The number of β-amino-alcohol motifs (C(OH)–C–C–N with tert-alkyl or cyclic N) is 1. The average Bonchev–Trinajstić information content (AvgIpc) is 3.23. The minimum absolute atomic E-state index is 0.0678. The van der Waals surface area contributed by atoms with Crippen LogP contribution in [0.3, 0.4) is 0 Å². The van der Waals surface area contributed by atoms with Crippen molar-refractivity contribution in [3.05, 3.63) is 0 Å². The van der Waals surface area contributed by atoms with E-state index in [1.165, 1.54) is 0 Å². The van der Waals surface area contributed by atoms with Crippen molar-refractivity contribution >= 4 is 23.7 Å². The van der Waals surface area contributed by atoms with Gasteiger partial charge in [0.2, 0.25) is 5.91 Å². The predicted octanol–water partition coefficient (Wildman–Crippen LogP) is 1.19. The number of aliphatic hydroxyl groups is 1. The molecule has 160 valence electrons. The first kappa shape index (κ1) is 20.5. The van der Waals surface area contributed by atoms with Crippen LogP contribution in [0.4, 0.5) is 0 Å². The van der Waals surface area contributed by atoms with Gasteiger partial charge in [0.15, 0.2) is 0 Å². The van der Waals surface area contributed by atoms with Crippen molar-refractivity contribution in [2.75, 3.05) is 26.7 Å². The highest BCUT2D eigenvalue weighted by atomic mass is 16.5. The summed E-state index contributed by atoms with van der Waals surface area (Å²) < 4.78 is 5.52. The van der Waals surface area contributed by atoms with Gasteiger partial charge in [-0.05, 0) is 32.6 Å². The topological polar surface area (TPSA) is 90.1 Å². The Hall–Kier alpha value is -1.80. The lowest BCUT2D eigenvalue weighted by Gasteiger charge is -2.34. The zero-order chi connectivity index (χ0) is 20.7. The second-order valence-corrected chi connectivity index (χ2v) is 9.00. The molecule has 4 rings (SSSR count). The molecule has 0 spiro atoms. The average molecular weight is 404 g/mol. The van der Waals surface area contributed by atoms with E-state index in [2.05, 4.69) is 23.9 Å². The highest BCUT2D eigenvalue weighted by Crippen LogP contribution is 2.39. The summed E-state index contributed by atoms with van der Waals surface area (Å²) in [5.41, 5.74) is 1.00. The molecule has 1 amide bonds. The lowest BCUT2D eigenvalue weighted by molar-refractivity contribution is -0.129. The van der Waals surface area contributed by atoms with Crippen LogP contribution in [0.15, 0.2) is 15.1 Å². The number of aliphatic imine (C=N–C) groups is 2. The molecule has 29 heavy (non-hydrogen) atoms. The predicted molar refractivity (Wildman–Crippen MR) is 112 cm³/mol. The van der Waals surface area contributed by atoms with Crippen molar-refractivity contribution in [3.63, 3.8) is 0 Å². The first-order valence-electron chi connectivity index (χ1n) is 10.8. The zero-order valence-electron chi connectivity index (χ0n) is 17.9. The van der Waals surface area contributed by atoms with Crippen LogP contribution in [0.1, 0.15) is 40.0 Å². The van der Waals surface area contributed by atoms with Crippen LogP contribution in [-0.2, 0) is 9.53 Å². The van der Waals surface area contributed by atoms with Crippen LogP contribution < -0.4 is 0 Å². The molecule has 0 aromatic heterocycles. The van der Waals surface area contributed by atoms with Crippen LogP contribution in [0.5, 0.6) is 0 Å². The van der Waals surface area contributed by atoms with E-state index in [9.17, 15) is 9.90 Å². The Morgan fingerprint density at radius 1 is 1.34 bits per heavy atom. The van der Waals surface area contributed by atoms with E-state index in [0.717, 1.165) is 43.9 Å². The first-order chi connectivity index (χ1) is 13.9. The molecule has 4 heterocycles. The van der Waals surface area contributed by atoms with Crippen molar-refractivity contribution in [1.29, 1.82) is 0 Å². The van der Waals surface area contributed by atoms with Gasteiger partial charge in [-0.2, -0.15) is 5.10 Å². The van der Waals surface area contributed by atoms with E-state index < -0.39 is 6.10 Å². The number of carbonyl (C=O) groups excluding carboxylic acids is 1. The standard InChI is InChI=1S/C21H33N5O3/c1-12-7-17(15-8-16(29-4)10-22-9-15)23-20-14(3)26(21(28)19(12)20)18-5-6-25(24-18)11-13(2)27/h9,12-17,19,27H,5-8,10-11H2,1-4H3/t12?,13-,14-,15?,16?,17?,19?/m0/s1. The minimum Gasteiger partial charge on any atom is -0.392 e. The van der Waals surface area contributed by atoms with Crippen molar-refractivity contribution in [2.24, 2.45) is 32.8 Å².